The van der Waals surface area contributed by atoms with Gasteiger partial charge in [-0.25, -0.2) is 4.98 Å². The maximum absolute atomic E-state index is 12.7. The number of halogens is 4. The minimum atomic E-state index is -4.59. The molecule has 0 fully saturated rings. The third-order valence-electron chi connectivity index (χ3n) is 2.49. The van der Waals surface area contributed by atoms with Gasteiger partial charge in [0.15, 0.2) is 5.69 Å². The molecular formula is C10H6ClF3N2O. The molecule has 3 nitrogen and oxygen atoms in total. The second kappa shape index (κ2) is 4.17. The molecule has 1 aliphatic rings. The van der Waals surface area contributed by atoms with Gasteiger partial charge in [0.1, 0.15) is 11.2 Å². The Balaban J connectivity index is 2.72. The number of hydrogen-bond acceptors (Lipinski definition) is 3. The molecule has 17 heavy (non-hydrogen) atoms. The van der Waals surface area contributed by atoms with Crippen LogP contribution in [0.1, 0.15) is 22.4 Å². The van der Waals surface area contributed by atoms with E-state index in [-0.39, 0.29) is 30.8 Å². The Morgan fingerprint density at radius 1 is 1.35 bits per heavy atom. The Hall–Kier alpha value is -1.32. The number of nitriles is 1. The van der Waals surface area contributed by atoms with E-state index in [1.165, 1.54) is 0 Å². The third-order valence-corrected chi connectivity index (χ3v) is 2.76. The molecule has 0 aromatic carbocycles. The highest BCUT2D eigenvalue weighted by Gasteiger charge is 2.38. The average Bonchev–Trinajstić information content (AvgIpc) is 2.27. The SMILES string of the molecule is N#Cc1c(Cl)nc(C(F)(F)F)c2c1CCOC2. The van der Waals surface area contributed by atoms with Gasteiger partial charge in [-0.3, -0.25) is 0 Å². The van der Waals surface area contributed by atoms with Crippen LogP contribution < -0.4 is 0 Å². The number of nitrogens with zero attached hydrogens (tertiary/aromatic N) is 2. The third kappa shape index (κ3) is 2.08. The van der Waals surface area contributed by atoms with Crippen molar-refractivity contribution in [2.45, 2.75) is 19.2 Å². The van der Waals surface area contributed by atoms with Gasteiger partial charge >= 0.3 is 6.18 Å². The Bertz CT molecular complexity index is 508. The summed E-state index contributed by atoms with van der Waals surface area (Å²) in [5.41, 5.74) is -0.829. The van der Waals surface area contributed by atoms with Crippen LogP contribution in [0.5, 0.6) is 0 Å². The van der Waals surface area contributed by atoms with Crippen molar-refractivity contribution in [1.29, 1.82) is 5.26 Å². The molecule has 0 saturated heterocycles. The van der Waals surface area contributed by atoms with Crippen molar-refractivity contribution in [2.24, 2.45) is 0 Å². The maximum Gasteiger partial charge on any atom is 0.433 e. The molecule has 2 rings (SSSR count). The lowest BCUT2D eigenvalue weighted by molar-refractivity contribution is -0.142. The maximum atomic E-state index is 12.7. The molecule has 0 amide bonds. The predicted molar refractivity (Wildman–Crippen MR) is 52.3 cm³/mol. The molecule has 0 atom stereocenters. The van der Waals surface area contributed by atoms with Crippen molar-refractivity contribution >= 4 is 11.6 Å². The van der Waals surface area contributed by atoms with Gasteiger partial charge in [-0.05, 0) is 12.0 Å². The summed E-state index contributed by atoms with van der Waals surface area (Å²) < 4.78 is 43.2. The lowest BCUT2D eigenvalue weighted by atomic mass is 9.97. The van der Waals surface area contributed by atoms with Crippen LogP contribution in [0.2, 0.25) is 5.15 Å². The van der Waals surface area contributed by atoms with E-state index in [9.17, 15) is 13.2 Å². The van der Waals surface area contributed by atoms with Crippen LogP contribution in [0, 0.1) is 11.3 Å². The summed E-state index contributed by atoms with van der Waals surface area (Å²) in [4.78, 5) is 3.27. The van der Waals surface area contributed by atoms with Crippen LogP contribution in [0.3, 0.4) is 0 Å². The summed E-state index contributed by atoms with van der Waals surface area (Å²) in [5, 5.41) is 8.47. The molecule has 0 saturated carbocycles. The quantitative estimate of drug-likeness (QED) is 0.675. The molecule has 0 unspecified atom stereocenters. The molecule has 0 aliphatic carbocycles. The van der Waals surface area contributed by atoms with Crippen LogP contribution in [0.4, 0.5) is 13.2 Å². The molecule has 0 radical (unpaired) electrons. The van der Waals surface area contributed by atoms with Crippen LogP contribution in [-0.4, -0.2) is 11.6 Å². The highest BCUT2D eigenvalue weighted by Crippen LogP contribution is 2.36. The van der Waals surface area contributed by atoms with Crippen molar-refractivity contribution in [3.8, 4) is 6.07 Å². The molecule has 0 bridgehead atoms. The van der Waals surface area contributed by atoms with Gasteiger partial charge in [0.05, 0.1) is 18.8 Å². The van der Waals surface area contributed by atoms with Gasteiger partial charge in [-0.1, -0.05) is 11.6 Å². The first kappa shape index (κ1) is 12.1. The van der Waals surface area contributed by atoms with Crippen LogP contribution in [0.15, 0.2) is 0 Å². The number of fused-ring (bicyclic) bond motifs is 1. The van der Waals surface area contributed by atoms with Gasteiger partial charge in [-0.15, -0.1) is 0 Å². The van der Waals surface area contributed by atoms with E-state index in [4.69, 9.17) is 21.6 Å². The Morgan fingerprint density at radius 2 is 2.06 bits per heavy atom. The summed E-state index contributed by atoms with van der Waals surface area (Å²) in [5.74, 6) is 0. The van der Waals surface area contributed by atoms with Crippen molar-refractivity contribution in [1.82, 2.24) is 4.98 Å². The van der Waals surface area contributed by atoms with Crippen LogP contribution in [-0.2, 0) is 23.9 Å². The molecule has 1 aliphatic heterocycles. The van der Waals surface area contributed by atoms with Gasteiger partial charge in [0, 0.05) is 5.56 Å². The first-order chi connectivity index (χ1) is 7.95. The molecular weight excluding hydrogens is 257 g/mol. The second-order valence-electron chi connectivity index (χ2n) is 3.50. The van der Waals surface area contributed by atoms with E-state index in [1.807, 2.05) is 0 Å². The van der Waals surface area contributed by atoms with E-state index in [1.54, 1.807) is 6.07 Å². The van der Waals surface area contributed by atoms with E-state index < -0.39 is 17.0 Å². The van der Waals surface area contributed by atoms with E-state index in [2.05, 4.69) is 4.98 Å². The number of hydrogen-bond donors (Lipinski definition) is 0. The van der Waals surface area contributed by atoms with Gasteiger partial charge in [0.25, 0.3) is 0 Å². The molecule has 0 spiro atoms. The molecule has 90 valence electrons. The number of pyridine rings is 1. The molecule has 2 heterocycles. The van der Waals surface area contributed by atoms with Crippen molar-refractivity contribution in [3.63, 3.8) is 0 Å². The first-order valence-electron chi connectivity index (χ1n) is 4.71. The summed E-state index contributed by atoms with van der Waals surface area (Å²) in [6.45, 7) is 0.0857. The average molecular weight is 263 g/mol. The summed E-state index contributed by atoms with van der Waals surface area (Å²) in [7, 11) is 0. The Morgan fingerprint density at radius 3 is 2.65 bits per heavy atom. The standard InChI is InChI=1S/C10H6ClF3N2O/c11-9-6(3-15)5-1-2-17-4-7(5)8(16-9)10(12,13)14/h1-2,4H2. The molecule has 1 aromatic rings. The van der Waals surface area contributed by atoms with Gasteiger partial charge < -0.3 is 4.74 Å². The number of ether oxygens (including phenoxy) is 1. The lowest BCUT2D eigenvalue weighted by Gasteiger charge is -2.21. The molecule has 7 heteroatoms. The van der Waals surface area contributed by atoms with Crippen molar-refractivity contribution in [2.75, 3.05) is 6.61 Å². The fourth-order valence-electron chi connectivity index (χ4n) is 1.77. The molecule has 1 aromatic heterocycles. The van der Waals surface area contributed by atoms with Gasteiger partial charge in [0.2, 0.25) is 0 Å². The fourth-order valence-corrected chi connectivity index (χ4v) is 2.01. The second-order valence-corrected chi connectivity index (χ2v) is 3.85. The minimum absolute atomic E-state index is 0.0120. The Kier molecular flexibility index (Phi) is 2.98. The largest absolute Gasteiger partial charge is 0.433 e. The normalized spacial score (nSPS) is 15.2. The number of alkyl halides is 3. The monoisotopic (exact) mass is 262 g/mol. The number of aromatic nitrogens is 1. The van der Waals surface area contributed by atoms with E-state index in [0.717, 1.165) is 0 Å². The summed E-state index contributed by atoms with van der Waals surface area (Å²) in [6.07, 6.45) is -4.36. The van der Waals surface area contributed by atoms with Crippen molar-refractivity contribution < 1.29 is 17.9 Å². The zero-order valence-corrected chi connectivity index (χ0v) is 9.19. The predicted octanol–water partition coefficient (Wildman–Crippen LogP) is 2.70. The van der Waals surface area contributed by atoms with E-state index in [0.29, 0.717) is 5.56 Å². The highest BCUT2D eigenvalue weighted by molar-refractivity contribution is 6.30. The smallest absolute Gasteiger partial charge is 0.376 e. The molecule has 0 N–H and O–H groups in total. The zero-order chi connectivity index (χ0) is 12.6. The first-order valence-corrected chi connectivity index (χ1v) is 5.09. The Labute approximate surface area is 99.8 Å². The zero-order valence-electron chi connectivity index (χ0n) is 8.44. The highest BCUT2D eigenvalue weighted by atomic mass is 35.5. The topological polar surface area (TPSA) is 45.9 Å². The van der Waals surface area contributed by atoms with E-state index >= 15 is 0 Å². The summed E-state index contributed by atoms with van der Waals surface area (Å²) in [6, 6.07) is 1.78. The van der Waals surface area contributed by atoms with Crippen molar-refractivity contribution in [3.05, 3.63) is 27.5 Å². The van der Waals surface area contributed by atoms with Crippen LogP contribution >= 0.6 is 11.6 Å². The minimum Gasteiger partial charge on any atom is -0.376 e. The van der Waals surface area contributed by atoms with Gasteiger partial charge in [-0.2, -0.15) is 18.4 Å². The lowest BCUT2D eigenvalue weighted by Crippen LogP contribution is -2.21. The fraction of sp³-hybridized carbons (Fsp3) is 0.400. The summed E-state index contributed by atoms with van der Waals surface area (Å²) >= 11 is 5.60. The number of rotatable bonds is 0. The van der Waals surface area contributed by atoms with Crippen LogP contribution in [0.25, 0.3) is 0 Å².